The molecule has 0 spiro atoms. The van der Waals surface area contributed by atoms with E-state index in [9.17, 15) is 0 Å². The quantitative estimate of drug-likeness (QED) is 0.686. The van der Waals surface area contributed by atoms with E-state index in [4.69, 9.17) is 15.2 Å². The molecule has 1 aromatic rings. The van der Waals surface area contributed by atoms with Crippen LogP contribution in [0.2, 0.25) is 0 Å². The van der Waals surface area contributed by atoms with Gasteiger partial charge in [0, 0.05) is 13.7 Å². The van der Waals surface area contributed by atoms with Crippen LogP contribution in [-0.4, -0.2) is 27.4 Å². The lowest BCUT2D eigenvalue weighted by Crippen LogP contribution is -2.17. The maximum atomic E-state index is 5.84. The number of ether oxygens (including phenoxy) is 2. The lowest BCUT2D eigenvalue weighted by atomic mass is 9.94. The highest BCUT2D eigenvalue weighted by atomic mass is 16.5. The first kappa shape index (κ1) is 15.0. The summed E-state index contributed by atoms with van der Waals surface area (Å²) in [4.78, 5) is 0. The standard InChI is InChI=1S/C15H25NO2/c1-17-9-4-3-6-14(12-16)10-13-7-5-8-15(11-13)18-2/h5,7-8,11,14H,3-4,6,9-10,12,16H2,1-2H3. The van der Waals surface area contributed by atoms with Gasteiger partial charge >= 0.3 is 0 Å². The minimum absolute atomic E-state index is 0.550. The fraction of sp³-hybridized carbons (Fsp3) is 0.600. The molecule has 2 N–H and O–H groups in total. The molecule has 102 valence electrons. The third-order valence-corrected chi connectivity index (χ3v) is 3.20. The Bertz CT molecular complexity index is 328. The molecule has 0 fully saturated rings. The molecule has 0 saturated carbocycles. The van der Waals surface area contributed by atoms with E-state index in [0.29, 0.717) is 5.92 Å². The maximum Gasteiger partial charge on any atom is 0.119 e. The molecule has 3 nitrogen and oxygen atoms in total. The third kappa shape index (κ3) is 5.52. The van der Waals surface area contributed by atoms with Crippen LogP contribution in [-0.2, 0) is 11.2 Å². The van der Waals surface area contributed by atoms with Crippen LogP contribution in [0.1, 0.15) is 24.8 Å². The number of nitrogens with two attached hydrogens (primary N) is 1. The number of rotatable bonds is 9. The maximum absolute atomic E-state index is 5.84. The van der Waals surface area contributed by atoms with Crippen LogP contribution in [0.25, 0.3) is 0 Å². The summed E-state index contributed by atoms with van der Waals surface area (Å²) in [6.07, 6.45) is 4.49. The van der Waals surface area contributed by atoms with Crippen LogP contribution < -0.4 is 10.5 Å². The summed E-state index contributed by atoms with van der Waals surface area (Å²) >= 11 is 0. The second kappa shape index (κ2) is 8.95. The van der Waals surface area contributed by atoms with Gasteiger partial charge in [0.25, 0.3) is 0 Å². The third-order valence-electron chi connectivity index (χ3n) is 3.20. The topological polar surface area (TPSA) is 44.5 Å². The molecule has 1 atom stereocenters. The fourth-order valence-corrected chi connectivity index (χ4v) is 2.12. The van der Waals surface area contributed by atoms with E-state index in [2.05, 4.69) is 12.1 Å². The van der Waals surface area contributed by atoms with Crippen molar-refractivity contribution in [3.05, 3.63) is 29.8 Å². The summed E-state index contributed by atoms with van der Waals surface area (Å²) in [6.45, 7) is 1.58. The molecule has 0 aliphatic rings. The van der Waals surface area contributed by atoms with E-state index >= 15 is 0 Å². The molecule has 1 unspecified atom stereocenters. The molecule has 0 aliphatic carbocycles. The highest BCUT2D eigenvalue weighted by Gasteiger charge is 2.08. The number of methoxy groups -OCH3 is 2. The summed E-state index contributed by atoms with van der Waals surface area (Å²) in [5, 5.41) is 0. The predicted octanol–water partition coefficient (Wildman–Crippen LogP) is 2.63. The van der Waals surface area contributed by atoms with Gasteiger partial charge in [-0.2, -0.15) is 0 Å². The molecular formula is C15H25NO2. The number of hydrogen-bond donors (Lipinski definition) is 1. The molecule has 0 saturated heterocycles. The van der Waals surface area contributed by atoms with Crippen molar-refractivity contribution >= 4 is 0 Å². The van der Waals surface area contributed by atoms with Crippen molar-refractivity contribution in [3.63, 3.8) is 0 Å². The molecule has 1 rings (SSSR count). The molecule has 1 aromatic carbocycles. The minimum atomic E-state index is 0.550. The molecule has 0 bridgehead atoms. The average Bonchev–Trinajstić information content (AvgIpc) is 2.42. The van der Waals surface area contributed by atoms with Crippen LogP contribution in [0, 0.1) is 5.92 Å². The van der Waals surface area contributed by atoms with Gasteiger partial charge in [-0.1, -0.05) is 18.6 Å². The molecule has 0 heterocycles. The van der Waals surface area contributed by atoms with E-state index in [1.165, 1.54) is 12.0 Å². The molecule has 0 aromatic heterocycles. The Morgan fingerprint density at radius 2 is 2.06 bits per heavy atom. The van der Waals surface area contributed by atoms with Gasteiger partial charge in [-0.25, -0.2) is 0 Å². The van der Waals surface area contributed by atoms with Crippen molar-refractivity contribution in [3.8, 4) is 5.75 Å². The Morgan fingerprint density at radius 1 is 1.22 bits per heavy atom. The van der Waals surface area contributed by atoms with Gasteiger partial charge in [0.1, 0.15) is 5.75 Å². The van der Waals surface area contributed by atoms with Crippen LogP contribution in [0.4, 0.5) is 0 Å². The summed E-state index contributed by atoms with van der Waals surface area (Å²) in [7, 11) is 3.45. The monoisotopic (exact) mass is 251 g/mol. The molecule has 0 aliphatic heterocycles. The second-order valence-corrected chi connectivity index (χ2v) is 4.65. The average molecular weight is 251 g/mol. The predicted molar refractivity (Wildman–Crippen MR) is 75.0 cm³/mol. The Balaban J connectivity index is 2.41. The molecular weight excluding hydrogens is 226 g/mol. The molecule has 3 heteroatoms. The van der Waals surface area contributed by atoms with Crippen molar-refractivity contribution < 1.29 is 9.47 Å². The van der Waals surface area contributed by atoms with E-state index < -0.39 is 0 Å². The summed E-state index contributed by atoms with van der Waals surface area (Å²) < 4.78 is 10.3. The smallest absolute Gasteiger partial charge is 0.119 e. The zero-order valence-corrected chi connectivity index (χ0v) is 11.5. The van der Waals surface area contributed by atoms with Gasteiger partial charge in [-0.05, 0) is 49.4 Å². The Hall–Kier alpha value is -1.06. The Labute approximate surface area is 110 Å². The SMILES string of the molecule is COCCCCC(CN)Cc1cccc(OC)c1. The molecule has 0 amide bonds. The fourth-order valence-electron chi connectivity index (χ4n) is 2.12. The van der Waals surface area contributed by atoms with Crippen LogP contribution in [0.3, 0.4) is 0 Å². The highest BCUT2D eigenvalue weighted by molar-refractivity contribution is 5.28. The van der Waals surface area contributed by atoms with E-state index in [0.717, 1.165) is 38.2 Å². The van der Waals surface area contributed by atoms with Gasteiger partial charge in [0.15, 0.2) is 0 Å². The van der Waals surface area contributed by atoms with Gasteiger partial charge in [-0.15, -0.1) is 0 Å². The number of hydrogen-bond acceptors (Lipinski definition) is 3. The van der Waals surface area contributed by atoms with Crippen molar-refractivity contribution in [2.24, 2.45) is 11.7 Å². The summed E-state index contributed by atoms with van der Waals surface area (Å²) in [5.74, 6) is 1.47. The van der Waals surface area contributed by atoms with Crippen molar-refractivity contribution in [1.29, 1.82) is 0 Å². The lowest BCUT2D eigenvalue weighted by Gasteiger charge is -2.15. The molecule has 0 radical (unpaired) electrons. The Morgan fingerprint density at radius 3 is 2.72 bits per heavy atom. The summed E-state index contributed by atoms with van der Waals surface area (Å²) in [5.41, 5.74) is 7.15. The second-order valence-electron chi connectivity index (χ2n) is 4.65. The first-order chi connectivity index (χ1) is 8.80. The zero-order valence-electron chi connectivity index (χ0n) is 11.5. The van der Waals surface area contributed by atoms with E-state index in [-0.39, 0.29) is 0 Å². The largest absolute Gasteiger partial charge is 0.497 e. The first-order valence-electron chi connectivity index (χ1n) is 6.62. The van der Waals surface area contributed by atoms with Crippen LogP contribution in [0.5, 0.6) is 5.75 Å². The zero-order chi connectivity index (χ0) is 13.2. The summed E-state index contributed by atoms with van der Waals surface area (Å²) in [6, 6.07) is 8.24. The van der Waals surface area contributed by atoms with Crippen LogP contribution in [0.15, 0.2) is 24.3 Å². The van der Waals surface area contributed by atoms with Crippen molar-refractivity contribution in [2.75, 3.05) is 27.4 Å². The van der Waals surface area contributed by atoms with Gasteiger partial charge in [0.2, 0.25) is 0 Å². The highest BCUT2D eigenvalue weighted by Crippen LogP contribution is 2.18. The number of benzene rings is 1. The molecule has 18 heavy (non-hydrogen) atoms. The van der Waals surface area contributed by atoms with Gasteiger partial charge in [0.05, 0.1) is 7.11 Å². The number of unbranched alkanes of at least 4 members (excludes halogenated alkanes) is 1. The Kier molecular flexibility index (Phi) is 7.46. The van der Waals surface area contributed by atoms with Crippen LogP contribution >= 0.6 is 0 Å². The lowest BCUT2D eigenvalue weighted by molar-refractivity contribution is 0.190. The minimum Gasteiger partial charge on any atom is -0.497 e. The van der Waals surface area contributed by atoms with Gasteiger partial charge in [-0.3, -0.25) is 0 Å². The first-order valence-corrected chi connectivity index (χ1v) is 6.62. The van der Waals surface area contributed by atoms with E-state index in [1.807, 2.05) is 12.1 Å². The normalized spacial score (nSPS) is 12.4. The van der Waals surface area contributed by atoms with Gasteiger partial charge < -0.3 is 15.2 Å². The van der Waals surface area contributed by atoms with E-state index in [1.54, 1.807) is 14.2 Å². The van der Waals surface area contributed by atoms with Crippen molar-refractivity contribution in [1.82, 2.24) is 0 Å². The van der Waals surface area contributed by atoms with Crippen molar-refractivity contribution in [2.45, 2.75) is 25.7 Å².